The molecule has 2 rings (SSSR count). The van der Waals surface area contributed by atoms with Crippen molar-refractivity contribution in [2.24, 2.45) is 0 Å². The van der Waals surface area contributed by atoms with E-state index in [-0.39, 0.29) is 13.2 Å². The number of aliphatic hydroxyl groups excluding tert-OH is 2. The highest BCUT2D eigenvalue weighted by atomic mass is 16.3. The molecular formula is C16H16O2. The summed E-state index contributed by atoms with van der Waals surface area (Å²) in [7, 11) is 0. The summed E-state index contributed by atoms with van der Waals surface area (Å²) in [6.45, 7) is 0.0843. The van der Waals surface area contributed by atoms with Crippen LogP contribution in [0.5, 0.6) is 0 Å². The van der Waals surface area contributed by atoms with Crippen LogP contribution >= 0.6 is 0 Å². The van der Waals surface area contributed by atoms with Crippen molar-refractivity contribution in [2.75, 3.05) is 13.2 Å². The molecule has 0 aliphatic carbocycles. The zero-order valence-electron chi connectivity index (χ0n) is 10.1. The van der Waals surface area contributed by atoms with Crippen LogP contribution in [0.25, 0.3) is 22.9 Å². The summed E-state index contributed by atoms with van der Waals surface area (Å²) in [5.41, 5.74) is 2.17. The Balaban J connectivity index is 2.57. The molecule has 0 aliphatic rings. The molecule has 2 aromatic rings. The molecule has 0 aliphatic heterocycles. The van der Waals surface area contributed by atoms with Crippen LogP contribution in [0.1, 0.15) is 11.1 Å². The molecule has 0 heterocycles. The van der Waals surface area contributed by atoms with Gasteiger partial charge in [0.2, 0.25) is 0 Å². The van der Waals surface area contributed by atoms with Crippen molar-refractivity contribution in [3.63, 3.8) is 0 Å². The topological polar surface area (TPSA) is 40.5 Å². The number of aliphatic hydroxyl groups is 2. The highest BCUT2D eigenvalue weighted by molar-refractivity contribution is 5.96. The fourth-order valence-electron chi connectivity index (χ4n) is 2.01. The predicted molar refractivity (Wildman–Crippen MR) is 76.2 cm³/mol. The molecule has 2 heteroatoms. The SMILES string of the molecule is OCC=Cc1cccc2c(C=CCO)cccc12. The number of fused-ring (bicyclic) bond motifs is 1. The average Bonchev–Trinajstić information content (AvgIpc) is 2.42. The van der Waals surface area contributed by atoms with Crippen LogP contribution in [0.4, 0.5) is 0 Å². The van der Waals surface area contributed by atoms with Crippen molar-refractivity contribution in [2.45, 2.75) is 0 Å². The molecule has 0 saturated carbocycles. The van der Waals surface area contributed by atoms with Gasteiger partial charge in [0, 0.05) is 0 Å². The fourth-order valence-corrected chi connectivity index (χ4v) is 2.01. The fraction of sp³-hybridized carbons (Fsp3) is 0.125. The maximum Gasteiger partial charge on any atom is 0.0615 e. The summed E-state index contributed by atoms with van der Waals surface area (Å²) in [4.78, 5) is 0. The molecule has 0 unspecified atom stereocenters. The van der Waals surface area contributed by atoms with Gasteiger partial charge in [-0.3, -0.25) is 0 Å². The van der Waals surface area contributed by atoms with Gasteiger partial charge in [0.1, 0.15) is 0 Å². The second-order valence-corrected chi connectivity index (χ2v) is 3.96. The first-order valence-electron chi connectivity index (χ1n) is 5.93. The maximum absolute atomic E-state index is 8.84. The van der Waals surface area contributed by atoms with Gasteiger partial charge in [-0.15, -0.1) is 0 Å². The van der Waals surface area contributed by atoms with Gasteiger partial charge in [0.25, 0.3) is 0 Å². The summed E-state index contributed by atoms with van der Waals surface area (Å²) >= 11 is 0. The Morgan fingerprint density at radius 1 is 0.722 bits per heavy atom. The van der Waals surface area contributed by atoms with Crippen LogP contribution in [0.15, 0.2) is 48.6 Å². The molecule has 2 aromatic carbocycles. The van der Waals surface area contributed by atoms with E-state index >= 15 is 0 Å². The molecule has 0 bridgehead atoms. The van der Waals surface area contributed by atoms with Crippen molar-refractivity contribution >= 4 is 22.9 Å². The summed E-state index contributed by atoms with van der Waals surface area (Å²) < 4.78 is 0. The Kier molecular flexibility index (Phi) is 4.29. The number of benzene rings is 2. The molecule has 2 nitrogen and oxygen atoms in total. The largest absolute Gasteiger partial charge is 0.392 e. The predicted octanol–water partition coefficient (Wildman–Crippen LogP) is 2.85. The zero-order chi connectivity index (χ0) is 12.8. The molecule has 0 spiro atoms. The minimum atomic E-state index is 0.0422. The van der Waals surface area contributed by atoms with Gasteiger partial charge in [0.05, 0.1) is 13.2 Å². The van der Waals surface area contributed by atoms with E-state index in [4.69, 9.17) is 10.2 Å². The number of hydrogen-bond donors (Lipinski definition) is 2. The quantitative estimate of drug-likeness (QED) is 0.862. The molecular weight excluding hydrogens is 224 g/mol. The average molecular weight is 240 g/mol. The molecule has 0 amide bonds. The number of rotatable bonds is 4. The van der Waals surface area contributed by atoms with E-state index in [1.807, 2.05) is 36.4 Å². The van der Waals surface area contributed by atoms with E-state index in [9.17, 15) is 0 Å². The van der Waals surface area contributed by atoms with Gasteiger partial charge in [-0.25, -0.2) is 0 Å². The Morgan fingerprint density at radius 3 is 1.56 bits per heavy atom. The van der Waals surface area contributed by atoms with Gasteiger partial charge in [-0.1, -0.05) is 60.7 Å². The first kappa shape index (κ1) is 12.6. The Labute approximate surface area is 107 Å². The Morgan fingerprint density at radius 2 is 1.17 bits per heavy atom. The van der Waals surface area contributed by atoms with Crippen LogP contribution in [0, 0.1) is 0 Å². The second kappa shape index (κ2) is 6.15. The van der Waals surface area contributed by atoms with Crippen LogP contribution in [-0.2, 0) is 0 Å². The highest BCUT2D eigenvalue weighted by Gasteiger charge is 2.00. The van der Waals surface area contributed by atoms with Gasteiger partial charge in [0.15, 0.2) is 0 Å². The lowest BCUT2D eigenvalue weighted by atomic mass is 9.99. The minimum Gasteiger partial charge on any atom is -0.392 e. The van der Waals surface area contributed by atoms with Gasteiger partial charge in [-0.2, -0.15) is 0 Å². The second-order valence-electron chi connectivity index (χ2n) is 3.96. The highest BCUT2D eigenvalue weighted by Crippen LogP contribution is 2.24. The molecule has 0 aromatic heterocycles. The van der Waals surface area contributed by atoms with Crippen molar-refractivity contribution in [1.82, 2.24) is 0 Å². The van der Waals surface area contributed by atoms with Crippen molar-refractivity contribution in [3.8, 4) is 0 Å². The van der Waals surface area contributed by atoms with E-state index in [0.717, 1.165) is 21.9 Å². The summed E-state index contributed by atoms with van der Waals surface area (Å²) in [5, 5.41) is 20.0. The summed E-state index contributed by atoms with van der Waals surface area (Å²) in [6, 6.07) is 12.2. The van der Waals surface area contributed by atoms with Crippen LogP contribution in [0.2, 0.25) is 0 Å². The van der Waals surface area contributed by atoms with E-state index in [2.05, 4.69) is 12.1 Å². The summed E-state index contributed by atoms with van der Waals surface area (Å²) in [5.74, 6) is 0. The lowest BCUT2D eigenvalue weighted by molar-refractivity contribution is 0.343. The van der Waals surface area contributed by atoms with Gasteiger partial charge < -0.3 is 10.2 Å². The summed E-state index contributed by atoms with van der Waals surface area (Å²) in [6.07, 6.45) is 7.29. The smallest absolute Gasteiger partial charge is 0.0615 e. The monoisotopic (exact) mass is 240 g/mol. The Hall–Kier alpha value is -1.90. The molecule has 92 valence electrons. The molecule has 0 radical (unpaired) electrons. The molecule has 0 fully saturated rings. The van der Waals surface area contributed by atoms with Crippen molar-refractivity contribution < 1.29 is 10.2 Å². The van der Waals surface area contributed by atoms with Gasteiger partial charge in [-0.05, 0) is 21.9 Å². The third kappa shape index (κ3) is 2.67. The molecule has 2 N–H and O–H groups in total. The van der Waals surface area contributed by atoms with Crippen LogP contribution < -0.4 is 0 Å². The maximum atomic E-state index is 8.84. The van der Waals surface area contributed by atoms with Crippen molar-refractivity contribution in [1.29, 1.82) is 0 Å². The first-order chi connectivity index (χ1) is 8.86. The standard InChI is InChI=1S/C16H16O2/c17-11-3-7-13-5-1-9-15-14(8-4-12-18)6-2-10-16(13)15/h1-10,17-18H,11-12H2. The van der Waals surface area contributed by atoms with E-state index in [0.29, 0.717) is 0 Å². The van der Waals surface area contributed by atoms with Gasteiger partial charge >= 0.3 is 0 Å². The molecule has 18 heavy (non-hydrogen) atoms. The Bertz CT molecular complexity index is 529. The normalized spacial score (nSPS) is 11.9. The lowest BCUT2D eigenvalue weighted by Gasteiger charge is -2.05. The van der Waals surface area contributed by atoms with Crippen LogP contribution in [0.3, 0.4) is 0 Å². The lowest BCUT2D eigenvalue weighted by Crippen LogP contribution is -1.83. The van der Waals surface area contributed by atoms with Crippen LogP contribution in [-0.4, -0.2) is 23.4 Å². The van der Waals surface area contributed by atoms with E-state index < -0.39 is 0 Å². The molecule has 0 saturated heterocycles. The van der Waals surface area contributed by atoms with E-state index in [1.165, 1.54) is 0 Å². The third-order valence-corrected chi connectivity index (χ3v) is 2.80. The van der Waals surface area contributed by atoms with Crippen molar-refractivity contribution in [3.05, 3.63) is 59.7 Å². The first-order valence-corrected chi connectivity index (χ1v) is 5.93. The molecule has 0 atom stereocenters. The minimum absolute atomic E-state index is 0.0422. The zero-order valence-corrected chi connectivity index (χ0v) is 10.1. The number of hydrogen-bond acceptors (Lipinski definition) is 2. The third-order valence-electron chi connectivity index (χ3n) is 2.80. The van der Waals surface area contributed by atoms with E-state index in [1.54, 1.807) is 12.2 Å².